The average Bonchev–Trinajstić information content (AvgIpc) is 2.73. The summed E-state index contributed by atoms with van der Waals surface area (Å²) in [7, 11) is -3.87. The van der Waals surface area contributed by atoms with E-state index in [-0.39, 0.29) is 17.3 Å². The lowest BCUT2D eigenvalue weighted by atomic mass is 10.0. The van der Waals surface area contributed by atoms with E-state index in [1.54, 1.807) is 48.5 Å². The second kappa shape index (κ2) is 8.20. The monoisotopic (exact) mass is 488 g/mol. The summed E-state index contributed by atoms with van der Waals surface area (Å²) in [5, 5.41) is 2.75. The van der Waals surface area contributed by atoms with E-state index in [2.05, 4.69) is 21.2 Å². The summed E-state index contributed by atoms with van der Waals surface area (Å²) >= 11 is 3.43. The van der Waals surface area contributed by atoms with Crippen molar-refractivity contribution in [1.29, 1.82) is 0 Å². The largest absolute Gasteiger partial charge is 0.354 e. The molecule has 3 aromatic carbocycles. The molecule has 154 valence electrons. The Bertz CT molecular complexity index is 1210. The summed E-state index contributed by atoms with van der Waals surface area (Å²) in [5.41, 5.74) is 2.70. The van der Waals surface area contributed by atoms with Crippen LogP contribution in [-0.4, -0.2) is 27.4 Å². The van der Waals surface area contributed by atoms with Crippen LogP contribution in [0.5, 0.6) is 0 Å². The number of hydrogen-bond acceptors (Lipinski definition) is 3. The number of nitrogens with zero attached hydrogens (tertiary/aromatic N) is 1. The molecule has 30 heavy (non-hydrogen) atoms. The molecule has 0 atom stereocenters. The minimum Gasteiger partial charge on any atom is -0.354 e. The first-order valence-corrected chi connectivity index (χ1v) is 11.5. The van der Waals surface area contributed by atoms with Crippen molar-refractivity contribution in [3.8, 4) is 11.1 Å². The van der Waals surface area contributed by atoms with E-state index in [9.17, 15) is 17.6 Å². The van der Waals surface area contributed by atoms with E-state index in [0.717, 1.165) is 19.9 Å². The molecule has 1 heterocycles. The van der Waals surface area contributed by atoms with Crippen molar-refractivity contribution in [2.45, 2.75) is 11.3 Å². The van der Waals surface area contributed by atoms with E-state index in [1.165, 1.54) is 12.1 Å². The van der Waals surface area contributed by atoms with E-state index in [0.29, 0.717) is 24.2 Å². The van der Waals surface area contributed by atoms with Crippen LogP contribution in [0.25, 0.3) is 11.1 Å². The fourth-order valence-corrected chi connectivity index (χ4v) is 5.47. The van der Waals surface area contributed by atoms with Gasteiger partial charge < -0.3 is 5.32 Å². The maximum atomic E-state index is 13.2. The Morgan fingerprint density at radius 3 is 2.50 bits per heavy atom. The quantitative estimate of drug-likeness (QED) is 0.587. The van der Waals surface area contributed by atoms with Gasteiger partial charge >= 0.3 is 0 Å². The zero-order valence-corrected chi connectivity index (χ0v) is 18.2. The third-order valence-electron chi connectivity index (χ3n) is 4.91. The van der Waals surface area contributed by atoms with E-state index < -0.39 is 15.9 Å². The van der Waals surface area contributed by atoms with Crippen molar-refractivity contribution in [1.82, 2.24) is 5.32 Å². The van der Waals surface area contributed by atoms with Gasteiger partial charge in [0, 0.05) is 22.1 Å². The van der Waals surface area contributed by atoms with Crippen LogP contribution in [0.1, 0.15) is 5.56 Å². The molecular formula is C22H18BrFN2O3S. The van der Waals surface area contributed by atoms with Gasteiger partial charge in [0.2, 0.25) is 5.91 Å². The highest BCUT2D eigenvalue weighted by Gasteiger charge is 2.35. The molecule has 3 aromatic rings. The van der Waals surface area contributed by atoms with E-state index in [4.69, 9.17) is 0 Å². The molecule has 0 saturated heterocycles. The van der Waals surface area contributed by atoms with Crippen LogP contribution >= 0.6 is 15.9 Å². The maximum absolute atomic E-state index is 13.2. The number of carbonyl (C=O) groups excluding carboxylic acids is 1. The van der Waals surface area contributed by atoms with Crippen molar-refractivity contribution >= 4 is 37.5 Å². The maximum Gasteiger partial charge on any atom is 0.265 e. The number of fused-ring (bicyclic) bond motifs is 3. The molecule has 0 saturated carbocycles. The number of anilines is 1. The molecule has 4 rings (SSSR count). The van der Waals surface area contributed by atoms with Gasteiger partial charge in [-0.3, -0.25) is 9.10 Å². The molecule has 1 aliphatic rings. The molecule has 0 unspecified atom stereocenters. The number of benzene rings is 3. The molecule has 0 radical (unpaired) electrons. The molecule has 0 spiro atoms. The Morgan fingerprint density at radius 1 is 1.00 bits per heavy atom. The molecule has 1 aliphatic heterocycles. The van der Waals surface area contributed by atoms with Gasteiger partial charge in [-0.05, 0) is 48.4 Å². The predicted molar refractivity (Wildman–Crippen MR) is 117 cm³/mol. The topological polar surface area (TPSA) is 66.5 Å². The van der Waals surface area contributed by atoms with Crippen LogP contribution < -0.4 is 9.62 Å². The predicted octanol–water partition coefficient (Wildman–Crippen LogP) is 4.12. The van der Waals surface area contributed by atoms with E-state index >= 15 is 0 Å². The molecule has 1 amide bonds. The van der Waals surface area contributed by atoms with Crippen LogP contribution in [0.4, 0.5) is 10.1 Å². The summed E-state index contributed by atoms with van der Waals surface area (Å²) in [6, 6.07) is 18.1. The molecular weight excluding hydrogens is 471 g/mol. The van der Waals surface area contributed by atoms with Gasteiger partial charge in [-0.15, -0.1) is 0 Å². The van der Waals surface area contributed by atoms with Crippen LogP contribution in [0.3, 0.4) is 0 Å². The summed E-state index contributed by atoms with van der Waals surface area (Å²) in [6.07, 6.45) is 0.519. The van der Waals surface area contributed by atoms with Gasteiger partial charge in [0.15, 0.2) is 0 Å². The fraction of sp³-hybridized carbons (Fsp3) is 0.136. The smallest absolute Gasteiger partial charge is 0.265 e. The van der Waals surface area contributed by atoms with Crippen molar-refractivity contribution in [3.05, 3.63) is 82.6 Å². The Labute approximate surface area is 182 Å². The Hall–Kier alpha value is -2.71. The number of halogens is 2. The highest BCUT2D eigenvalue weighted by molar-refractivity contribution is 9.10. The molecule has 8 heteroatoms. The number of hydrogen-bond donors (Lipinski definition) is 1. The molecule has 0 aliphatic carbocycles. The molecule has 0 aromatic heterocycles. The van der Waals surface area contributed by atoms with Gasteiger partial charge in [-0.1, -0.05) is 46.3 Å². The number of sulfonamides is 1. The van der Waals surface area contributed by atoms with Gasteiger partial charge in [-0.2, -0.15) is 0 Å². The second-order valence-electron chi connectivity index (χ2n) is 6.90. The molecule has 0 bridgehead atoms. The van der Waals surface area contributed by atoms with E-state index in [1.807, 2.05) is 6.07 Å². The van der Waals surface area contributed by atoms with Crippen LogP contribution in [0, 0.1) is 5.82 Å². The fourth-order valence-electron chi connectivity index (χ4n) is 3.46. The molecule has 1 N–H and O–H groups in total. The van der Waals surface area contributed by atoms with Crippen molar-refractivity contribution in [2.75, 3.05) is 17.4 Å². The summed E-state index contributed by atoms with van der Waals surface area (Å²) in [5.74, 6) is -0.724. The Balaban J connectivity index is 1.55. The molecule has 5 nitrogen and oxygen atoms in total. The second-order valence-corrected chi connectivity index (χ2v) is 9.64. The average molecular weight is 489 g/mol. The standard InChI is InChI=1S/C22H18BrFN2O3S/c23-16-7-10-20-19(13-16)18-3-1-2-4-21(18)30(28,29)26(20)14-22(27)25-12-11-15-5-8-17(24)9-6-15/h1-10,13H,11-12,14H2,(H,25,27). The Kier molecular flexibility index (Phi) is 5.62. The van der Waals surface area contributed by atoms with Gasteiger partial charge in [0.1, 0.15) is 12.4 Å². The summed E-state index contributed by atoms with van der Waals surface area (Å²) in [4.78, 5) is 12.7. The lowest BCUT2D eigenvalue weighted by molar-refractivity contribution is -0.119. The molecule has 0 fully saturated rings. The first kappa shape index (κ1) is 20.6. The number of amides is 1. The van der Waals surface area contributed by atoms with Gasteiger partial charge in [0.05, 0.1) is 10.6 Å². The minimum atomic E-state index is -3.87. The highest BCUT2D eigenvalue weighted by Crippen LogP contribution is 2.43. The zero-order chi connectivity index (χ0) is 21.3. The summed E-state index contributed by atoms with van der Waals surface area (Å²) < 4.78 is 41.4. The highest BCUT2D eigenvalue weighted by atomic mass is 79.9. The lowest BCUT2D eigenvalue weighted by Gasteiger charge is -2.31. The normalized spacial score (nSPS) is 14.0. The van der Waals surface area contributed by atoms with Crippen LogP contribution in [-0.2, 0) is 21.2 Å². The van der Waals surface area contributed by atoms with Crippen molar-refractivity contribution < 1.29 is 17.6 Å². The number of rotatable bonds is 5. The number of nitrogens with one attached hydrogen (secondary N) is 1. The Morgan fingerprint density at radius 2 is 1.73 bits per heavy atom. The summed E-state index contributed by atoms with van der Waals surface area (Å²) in [6.45, 7) is -0.00312. The first-order valence-electron chi connectivity index (χ1n) is 9.29. The van der Waals surface area contributed by atoms with Gasteiger partial charge in [0.25, 0.3) is 10.0 Å². The van der Waals surface area contributed by atoms with Gasteiger partial charge in [-0.25, -0.2) is 12.8 Å². The van der Waals surface area contributed by atoms with Crippen molar-refractivity contribution in [2.24, 2.45) is 0 Å². The van der Waals surface area contributed by atoms with Crippen molar-refractivity contribution in [3.63, 3.8) is 0 Å². The third kappa shape index (κ3) is 3.97. The van der Waals surface area contributed by atoms with Crippen LogP contribution in [0.15, 0.2) is 76.1 Å². The number of carbonyl (C=O) groups is 1. The zero-order valence-electron chi connectivity index (χ0n) is 15.8. The first-order chi connectivity index (χ1) is 14.4. The third-order valence-corrected chi connectivity index (χ3v) is 7.22. The SMILES string of the molecule is O=C(CN1c2ccc(Br)cc2-c2ccccc2S1(=O)=O)NCCc1ccc(F)cc1. The van der Waals surface area contributed by atoms with Crippen LogP contribution in [0.2, 0.25) is 0 Å². The lowest BCUT2D eigenvalue weighted by Crippen LogP contribution is -2.43. The minimum absolute atomic E-state index is 0.176.